The molecule has 3 aromatic carbocycles. The van der Waals surface area contributed by atoms with Gasteiger partial charge < -0.3 is 0 Å². The smallest absolute Gasteiger partial charge is 0.269 e. The minimum Gasteiger partial charge on any atom is -0.274 e. The van der Waals surface area contributed by atoms with Crippen LogP contribution in [-0.4, -0.2) is 16.7 Å². The molecule has 0 spiro atoms. The lowest BCUT2D eigenvalue weighted by Crippen LogP contribution is -2.31. The Kier molecular flexibility index (Phi) is 4.90. The Bertz CT molecular complexity index is 1140. The Labute approximate surface area is 184 Å². The molecule has 158 valence electrons. The molecule has 4 atom stereocenters. The van der Waals surface area contributed by atoms with Crippen molar-refractivity contribution in [1.82, 2.24) is 0 Å². The standard InChI is InChI=1S/C26H20N2O4/c29-25-23-21(17-7-3-1-4-8-17)15-16-22(18-9-5-2-6-10-18)24(23)26(30)27(25)19-11-13-20(14-12-19)28(31)32/h1-16,21-24H. The first-order valence-electron chi connectivity index (χ1n) is 10.5. The van der Waals surface area contributed by atoms with Crippen molar-refractivity contribution >= 4 is 23.2 Å². The van der Waals surface area contributed by atoms with E-state index in [-0.39, 0.29) is 29.3 Å². The van der Waals surface area contributed by atoms with E-state index >= 15 is 0 Å². The lowest BCUT2D eigenvalue weighted by atomic mass is 9.68. The van der Waals surface area contributed by atoms with Gasteiger partial charge in [-0.05, 0) is 23.3 Å². The zero-order valence-corrected chi connectivity index (χ0v) is 17.1. The number of non-ortho nitro benzene ring substituents is 1. The summed E-state index contributed by atoms with van der Waals surface area (Å²) in [6, 6.07) is 25.0. The van der Waals surface area contributed by atoms with Gasteiger partial charge >= 0.3 is 0 Å². The number of carbonyl (C=O) groups is 2. The summed E-state index contributed by atoms with van der Waals surface area (Å²) < 4.78 is 0. The number of nitro groups is 1. The molecule has 4 unspecified atom stereocenters. The topological polar surface area (TPSA) is 80.5 Å². The molecule has 1 aliphatic carbocycles. The number of fused-ring (bicyclic) bond motifs is 1. The van der Waals surface area contributed by atoms with Crippen molar-refractivity contribution in [2.45, 2.75) is 11.8 Å². The number of benzene rings is 3. The van der Waals surface area contributed by atoms with Gasteiger partial charge in [-0.15, -0.1) is 0 Å². The van der Waals surface area contributed by atoms with Gasteiger partial charge in [0.1, 0.15) is 0 Å². The number of nitro benzene ring substituents is 1. The SMILES string of the molecule is O=C1C2C(c3ccccc3)C=CC(c3ccccc3)C2C(=O)N1c1ccc([N+](=O)[O-])cc1. The van der Waals surface area contributed by atoms with Crippen molar-refractivity contribution < 1.29 is 14.5 Å². The number of anilines is 1. The molecule has 32 heavy (non-hydrogen) atoms. The van der Waals surface area contributed by atoms with Gasteiger partial charge in [-0.2, -0.15) is 0 Å². The second kappa shape index (κ2) is 7.89. The molecule has 0 aromatic heterocycles. The molecule has 0 radical (unpaired) electrons. The van der Waals surface area contributed by atoms with E-state index in [1.54, 1.807) is 0 Å². The van der Waals surface area contributed by atoms with Crippen LogP contribution in [0.5, 0.6) is 0 Å². The highest BCUT2D eigenvalue weighted by atomic mass is 16.6. The molecule has 0 saturated carbocycles. The van der Waals surface area contributed by atoms with Gasteiger partial charge in [-0.1, -0.05) is 72.8 Å². The van der Waals surface area contributed by atoms with Gasteiger partial charge in [0.2, 0.25) is 11.8 Å². The minimum atomic E-state index is -0.546. The predicted octanol–water partition coefficient (Wildman–Crippen LogP) is 4.84. The fraction of sp³-hybridized carbons (Fsp3) is 0.154. The van der Waals surface area contributed by atoms with E-state index in [4.69, 9.17) is 0 Å². The number of hydrogen-bond acceptors (Lipinski definition) is 4. The van der Waals surface area contributed by atoms with Gasteiger partial charge in [0.15, 0.2) is 0 Å². The van der Waals surface area contributed by atoms with E-state index < -0.39 is 16.8 Å². The zero-order valence-electron chi connectivity index (χ0n) is 17.1. The maximum Gasteiger partial charge on any atom is 0.269 e. The average Bonchev–Trinajstić information content (AvgIpc) is 3.10. The van der Waals surface area contributed by atoms with Crippen molar-refractivity contribution in [2.24, 2.45) is 11.8 Å². The largest absolute Gasteiger partial charge is 0.274 e. The highest BCUT2D eigenvalue weighted by Gasteiger charge is 2.55. The molecule has 0 bridgehead atoms. The predicted molar refractivity (Wildman–Crippen MR) is 120 cm³/mol. The van der Waals surface area contributed by atoms with Crippen LogP contribution in [0.4, 0.5) is 11.4 Å². The second-order valence-electron chi connectivity index (χ2n) is 8.09. The monoisotopic (exact) mass is 424 g/mol. The van der Waals surface area contributed by atoms with Gasteiger partial charge in [-0.3, -0.25) is 19.7 Å². The number of hydrogen-bond donors (Lipinski definition) is 0. The van der Waals surface area contributed by atoms with Crippen LogP contribution < -0.4 is 4.90 Å². The molecule has 1 fully saturated rings. The fourth-order valence-electron chi connectivity index (χ4n) is 4.91. The van der Waals surface area contributed by atoms with Gasteiger partial charge in [0.05, 0.1) is 22.4 Å². The third-order valence-electron chi connectivity index (χ3n) is 6.39. The van der Waals surface area contributed by atoms with Crippen molar-refractivity contribution in [3.8, 4) is 0 Å². The molecule has 3 aromatic rings. The molecular formula is C26H20N2O4. The van der Waals surface area contributed by atoms with Gasteiger partial charge in [0.25, 0.3) is 5.69 Å². The van der Waals surface area contributed by atoms with Gasteiger partial charge in [-0.25, -0.2) is 4.90 Å². The van der Waals surface area contributed by atoms with Crippen molar-refractivity contribution in [3.05, 3.63) is 118 Å². The van der Waals surface area contributed by atoms with Crippen LogP contribution in [0.3, 0.4) is 0 Å². The van der Waals surface area contributed by atoms with Crippen LogP contribution in [0.1, 0.15) is 23.0 Å². The lowest BCUT2D eigenvalue weighted by Gasteiger charge is -2.32. The van der Waals surface area contributed by atoms with Crippen LogP contribution >= 0.6 is 0 Å². The number of rotatable bonds is 4. The number of allylic oxidation sites excluding steroid dienone is 2. The Balaban J connectivity index is 1.60. The first kappa shape index (κ1) is 19.9. The molecule has 6 heteroatoms. The van der Waals surface area contributed by atoms with E-state index in [1.165, 1.54) is 29.2 Å². The summed E-state index contributed by atoms with van der Waals surface area (Å²) in [6.45, 7) is 0. The average molecular weight is 424 g/mol. The highest BCUT2D eigenvalue weighted by molar-refractivity contribution is 6.23. The maximum absolute atomic E-state index is 13.7. The number of imide groups is 1. The molecule has 1 heterocycles. The summed E-state index contributed by atoms with van der Waals surface area (Å²) in [5.41, 5.74) is 2.24. The first-order chi connectivity index (χ1) is 15.6. The molecular weight excluding hydrogens is 404 g/mol. The third-order valence-corrected chi connectivity index (χ3v) is 6.39. The molecule has 1 aliphatic heterocycles. The molecule has 1 saturated heterocycles. The van der Waals surface area contributed by atoms with Gasteiger partial charge in [0, 0.05) is 24.0 Å². The van der Waals surface area contributed by atoms with Crippen molar-refractivity contribution in [3.63, 3.8) is 0 Å². The minimum absolute atomic E-state index is 0.0868. The summed E-state index contributed by atoms with van der Waals surface area (Å²) in [5, 5.41) is 11.0. The fourth-order valence-corrected chi connectivity index (χ4v) is 4.91. The Morgan fingerprint density at radius 2 is 1.09 bits per heavy atom. The lowest BCUT2D eigenvalue weighted by molar-refractivity contribution is -0.384. The van der Waals surface area contributed by atoms with Crippen LogP contribution in [0.15, 0.2) is 97.1 Å². The first-order valence-corrected chi connectivity index (χ1v) is 10.5. The number of carbonyl (C=O) groups excluding carboxylic acids is 2. The quantitative estimate of drug-likeness (QED) is 0.260. The van der Waals surface area contributed by atoms with E-state index in [1.807, 2.05) is 72.8 Å². The van der Waals surface area contributed by atoms with Crippen LogP contribution in [0, 0.1) is 22.0 Å². The van der Waals surface area contributed by atoms with Crippen LogP contribution in [-0.2, 0) is 9.59 Å². The van der Waals surface area contributed by atoms with E-state index in [9.17, 15) is 19.7 Å². The molecule has 2 amide bonds. The molecule has 0 N–H and O–H groups in total. The maximum atomic E-state index is 13.7. The zero-order chi connectivity index (χ0) is 22.2. The Morgan fingerprint density at radius 3 is 1.50 bits per heavy atom. The summed E-state index contributed by atoms with van der Waals surface area (Å²) in [6.07, 6.45) is 4.08. The molecule has 2 aliphatic rings. The summed E-state index contributed by atoms with van der Waals surface area (Å²) >= 11 is 0. The van der Waals surface area contributed by atoms with Crippen LogP contribution in [0.25, 0.3) is 0 Å². The Hall–Kier alpha value is -4.06. The Morgan fingerprint density at radius 1 is 0.656 bits per heavy atom. The molecule has 5 rings (SSSR count). The summed E-state index contributed by atoms with van der Waals surface area (Å²) in [7, 11) is 0. The number of nitrogens with zero attached hydrogens (tertiary/aromatic N) is 2. The van der Waals surface area contributed by atoms with E-state index in [0.717, 1.165) is 11.1 Å². The third kappa shape index (κ3) is 3.21. The van der Waals surface area contributed by atoms with Crippen molar-refractivity contribution in [2.75, 3.05) is 4.90 Å². The van der Waals surface area contributed by atoms with Crippen LogP contribution in [0.2, 0.25) is 0 Å². The molecule has 6 nitrogen and oxygen atoms in total. The highest BCUT2D eigenvalue weighted by Crippen LogP contribution is 2.50. The van der Waals surface area contributed by atoms with E-state index in [0.29, 0.717) is 5.69 Å². The van der Waals surface area contributed by atoms with Crippen molar-refractivity contribution in [1.29, 1.82) is 0 Å². The van der Waals surface area contributed by atoms with E-state index in [2.05, 4.69) is 0 Å². The second-order valence-corrected chi connectivity index (χ2v) is 8.09. The summed E-state index contributed by atoms with van der Waals surface area (Å²) in [5.74, 6) is -2.08. The number of amides is 2. The normalized spacial score (nSPS) is 24.4. The summed E-state index contributed by atoms with van der Waals surface area (Å²) in [4.78, 5) is 39.1.